The first-order chi connectivity index (χ1) is 5.34. The summed E-state index contributed by atoms with van der Waals surface area (Å²) in [7, 11) is 0. The van der Waals surface area contributed by atoms with Crippen LogP contribution in [-0.2, 0) is 6.54 Å². The highest BCUT2D eigenvalue weighted by Gasteiger charge is 2.20. The van der Waals surface area contributed by atoms with Crippen LogP contribution < -0.4 is 5.32 Å². The van der Waals surface area contributed by atoms with E-state index in [-0.39, 0.29) is 0 Å². The zero-order chi connectivity index (χ0) is 7.68. The van der Waals surface area contributed by atoms with Gasteiger partial charge in [-0.25, -0.2) is 0 Å². The van der Waals surface area contributed by atoms with Gasteiger partial charge in [-0.2, -0.15) is 0 Å². The van der Waals surface area contributed by atoms with Crippen LogP contribution in [0.25, 0.3) is 0 Å². The number of aryl methyl sites for hydroxylation is 1. The van der Waals surface area contributed by atoms with Gasteiger partial charge in [0.25, 0.3) is 0 Å². The fourth-order valence-corrected chi connectivity index (χ4v) is 1.11. The molecule has 1 N–H and O–H groups in total. The van der Waals surface area contributed by atoms with Gasteiger partial charge in [0.15, 0.2) is 0 Å². The number of rotatable bonds is 3. The van der Waals surface area contributed by atoms with Crippen LogP contribution in [0.3, 0.4) is 0 Å². The summed E-state index contributed by atoms with van der Waals surface area (Å²) in [6.45, 7) is 2.86. The molecule has 2 nitrogen and oxygen atoms in total. The first-order valence-corrected chi connectivity index (χ1v) is 4.13. The van der Waals surface area contributed by atoms with Crippen molar-refractivity contribution in [3.8, 4) is 0 Å². The Labute approximate surface area is 66.6 Å². The van der Waals surface area contributed by atoms with Crippen LogP contribution in [0.4, 0.5) is 0 Å². The molecule has 0 atom stereocenters. The van der Waals surface area contributed by atoms with E-state index < -0.39 is 0 Å². The lowest BCUT2D eigenvalue weighted by molar-refractivity contribution is 0.461. The van der Waals surface area contributed by atoms with Crippen molar-refractivity contribution in [3.05, 3.63) is 23.7 Å². The number of hydrogen-bond acceptors (Lipinski definition) is 2. The van der Waals surface area contributed by atoms with Crippen LogP contribution in [0, 0.1) is 6.92 Å². The SMILES string of the molecule is Cc1ccc(CNC2CC2)o1. The van der Waals surface area contributed by atoms with Crippen molar-refractivity contribution in [2.45, 2.75) is 32.4 Å². The molecule has 0 amide bonds. The topological polar surface area (TPSA) is 25.2 Å². The maximum Gasteiger partial charge on any atom is 0.117 e. The van der Waals surface area contributed by atoms with Gasteiger partial charge in [-0.1, -0.05) is 0 Å². The Morgan fingerprint density at radius 3 is 2.91 bits per heavy atom. The monoisotopic (exact) mass is 151 g/mol. The van der Waals surface area contributed by atoms with E-state index in [1.165, 1.54) is 12.8 Å². The van der Waals surface area contributed by atoms with Crippen LogP contribution in [0.5, 0.6) is 0 Å². The van der Waals surface area contributed by atoms with Gasteiger partial charge in [-0.3, -0.25) is 0 Å². The molecule has 0 aromatic carbocycles. The summed E-state index contributed by atoms with van der Waals surface area (Å²) in [4.78, 5) is 0. The highest BCUT2D eigenvalue weighted by molar-refractivity contribution is 5.05. The average Bonchev–Trinajstić information content (AvgIpc) is 2.72. The molecule has 1 saturated carbocycles. The lowest BCUT2D eigenvalue weighted by Gasteiger charge is -1.97. The lowest BCUT2D eigenvalue weighted by atomic mass is 10.4. The molecule has 0 aliphatic heterocycles. The largest absolute Gasteiger partial charge is 0.465 e. The fraction of sp³-hybridized carbons (Fsp3) is 0.556. The van der Waals surface area contributed by atoms with Crippen molar-refractivity contribution < 1.29 is 4.42 Å². The van der Waals surface area contributed by atoms with Crippen molar-refractivity contribution in [2.75, 3.05) is 0 Å². The molecule has 1 heterocycles. The summed E-state index contributed by atoms with van der Waals surface area (Å²) >= 11 is 0. The van der Waals surface area contributed by atoms with Crippen LogP contribution in [0.1, 0.15) is 24.4 Å². The number of nitrogens with one attached hydrogen (secondary N) is 1. The van der Waals surface area contributed by atoms with E-state index in [0.717, 1.165) is 24.1 Å². The van der Waals surface area contributed by atoms with E-state index >= 15 is 0 Å². The third-order valence-electron chi connectivity index (χ3n) is 1.94. The minimum absolute atomic E-state index is 0.764. The highest BCUT2D eigenvalue weighted by Crippen LogP contribution is 2.19. The van der Waals surface area contributed by atoms with Crippen LogP contribution >= 0.6 is 0 Å². The third kappa shape index (κ3) is 1.84. The van der Waals surface area contributed by atoms with E-state index in [9.17, 15) is 0 Å². The van der Waals surface area contributed by atoms with Crippen molar-refractivity contribution in [3.63, 3.8) is 0 Å². The maximum atomic E-state index is 5.40. The Balaban J connectivity index is 1.85. The molecule has 0 bridgehead atoms. The smallest absolute Gasteiger partial charge is 0.117 e. The number of furan rings is 1. The van der Waals surface area contributed by atoms with E-state index in [1.807, 2.05) is 19.1 Å². The minimum Gasteiger partial charge on any atom is -0.465 e. The van der Waals surface area contributed by atoms with Gasteiger partial charge in [-0.05, 0) is 31.9 Å². The second kappa shape index (κ2) is 2.70. The predicted octanol–water partition coefficient (Wildman–Crippen LogP) is 1.84. The second-order valence-electron chi connectivity index (χ2n) is 3.17. The Morgan fingerprint density at radius 2 is 2.36 bits per heavy atom. The van der Waals surface area contributed by atoms with E-state index in [1.54, 1.807) is 0 Å². The molecule has 1 aromatic heterocycles. The molecule has 0 saturated heterocycles. The standard InChI is InChI=1S/C9H13NO/c1-7-2-5-9(11-7)6-10-8-3-4-8/h2,5,8,10H,3-4,6H2,1H3. The van der Waals surface area contributed by atoms with E-state index in [0.29, 0.717) is 0 Å². The predicted molar refractivity (Wildman–Crippen MR) is 43.3 cm³/mol. The Kier molecular flexibility index (Phi) is 1.70. The Bertz CT molecular complexity index is 237. The van der Waals surface area contributed by atoms with Crippen molar-refractivity contribution in [1.82, 2.24) is 5.32 Å². The fourth-order valence-electron chi connectivity index (χ4n) is 1.11. The van der Waals surface area contributed by atoms with Crippen LogP contribution in [-0.4, -0.2) is 6.04 Å². The summed E-state index contributed by atoms with van der Waals surface area (Å²) in [6.07, 6.45) is 2.67. The first-order valence-electron chi connectivity index (χ1n) is 4.13. The Hall–Kier alpha value is -0.760. The highest BCUT2D eigenvalue weighted by atomic mass is 16.3. The van der Waals surface area contributed by atoms with Crippen molar-refractivity contribution in [2.24, 2.45) is 0 Å². The normalized spacial score (nSPS) is 17.2. The molecule has 1 aromatic rings. The van der Waals surface area contributed by atoms with Gasteiger partial charge in [0.05, 0.1) is 6.54 Å². The molecule has 0 spiro atoms. The summed E-state index contributed by atoms with van der Waals surface area (Å²) < 4.78 is 5.40. The van der Waals surface area contributed by atoms with Crippen LogP contribution in [0.2, 0.25) is 0 Å². The summed E-state index contributed by atoms with van der Waals surface area (Å²) in [6, 6.07) is 4.80. The van der Waals surface area contributed by atoms with Crippen molar-refractivity contribution >= 4 is 0 Å². The lowest BCUT2D eigenvalue weighted by Crippen LogP contribution is -2.14. The second-order valence-corrected chi connectivity index (χ2v) is 3.17. The van der Waals surface area contributed by atoms with Gasteiger partial charge < -0.3 is 9.73 Å². The van der Waals surface area contributed by atoms with E-state index in [2.05, 4.69) is 5.32 Å². The summed E-state index contributed by atoms with van der Waals surface area (Å²) in [5.74, 6) is 2.05. The molecule has 11 heavy (non-hydrogen) atoms. The molecule has 0 unspecified atom stereocenters. The molecule has 0 radical (unpaired) electrons. The van der Waals surface area contributed by atoms with Gasteiger partial charge in [0, 0.05) is 6.04 Å². The first kappa shape index (κ1) is 6.92. The third-order valence-corrected chi connectivity index (χ3v) is 1.94. The number of hydrogen-bond donors (Lipinski definition) is 1. The van der Waals surface area contributed by atoms with Gasteiger partial charge >= 0.3 is 0 Å². The van der Waals surface area contributed by atoms with Crippen molar-refractivity contribution in [1.29, 1.82) is 0 Å². The molecular weight excluding hydrogens is 138 g/mol. The molecule has 2 heteroatoms. The minimum atomic E-state index is 0.764. The molecule has 2 rings (SSSR count). The average molecular weight is 151 g/mol. The molecular formula is C9H13NO. The van der Waals surface area contributed by atoms with E-state index in [4.69, 9.17) is 4.42 Å². The van der Waals surface area contributed by atoms with Gasteiger partial charge in [0.2, 0.25) is 0 Å². The van der Waals surface area contributed by atoms with Gasteiger partial charge in [0.1, 0.15) is 11.5 Å². The summed E-state index contributed by atoms with van der Waals surface area (Å²) in [5.41, 5.74) is 0. The quantitative estimate of drug-likeness (QED) is 0.713. The van der Waals surface area contributed by atoms with Gasteiger partial charge in [-0.15, -0.1) is 0 Å². The molecule has 1 fully saturated rings. The summed E-state index contributed by atoms with van der Waals surface area (Å²) in [5, 5.41) is 3.39. The molecule has 60 valence electrons. The zero-order valence-electron chi connectivity index (χ0n) is 6.76. The maximum absolute atomic E-state index is 5.40. The molecule has 1 aliphatic carbocycles. The zero-order valence-corrected chi connectivity index (χ0v) is 6.76. The Morgan fingerprint density at radius 1 is 1.55 bits per heavy atom. The molecule has 1 aliphatic rings. The van der Waals surface area contributed by atoms with Crippen LogP contribution in [0.15, 0.2) is 16.5 Å².